The lowest BCUT2D eigenvalue weighted by molar-refractivity contribution is -0.143. The molecule has 107 heavy (non-hydrogen) atoms. The maximum Gasteiger partial charge on any atom is 0.245 e. The number of carbonyl (C=O) groups is 12. The number of likely N-dealkylation sites (tertiary alicyclic amines) is 1. The number of rotatable bonds is 16. The number of benzene rings is 5. The van der Waals surface area contributed by atoms with Crippen molar-refractivity contribution < 1.29 is 84.9 Å². The molecule has 10 atom stereocenters. The molecular weight excluding hydrogens is 1450 g/mol. The maximum atomic E-state index is 15.2. The summed E-state index contributed by atoms with van der Waals surface area (Å²) in [7, 11) is -0.282. The fourth-order valence-electron chi connectivity index (χ4n) is 12.1. The van der Waals surface area contributed by atoms with E-state index in [0.717, 1.165) is 45.2 Å². The largest absolute Gasteiger partial charge is 0.505 e. The SMILES string of the molecule is CC[C@H](C)[C@@H]1NC(=O)[C@@H](Cc2ccc(Cl)cc2)N(C)C(=O)CNC(=O)[C@H](Cc2ccccc2)N(C)C(=O)[C@H](CCS(C)(=O)=O)NC(=O)[C@H](Cc2cccc(Cl)c2)NC(=O)[C@H](Cc2ccc(O)c(F)c2)NC(=O)[C@H](Cc2ccc(O)c(F)c2)NC(=O)[C@@H](C)N(C)C(=O)C[C@@H](C(=O)N2CCCC2)NC(=O)CNC1=O. The Bertz CT molecular complexity index is 4200. The van der Waals surface area contributed by atoms with E-state index in [4.69, 9.17) is 23.2 Å². The molecule has 7 rings (SSSR count). The Morgan fingerprint density at radius 2 is 1.02 bits per heavy atom. The van der Waals surface area contributed by atoms with Gasteiger partial charge in [0.2, 0.25) is 70.9 Å². The van der Waals surface area contributed by atoms with Gasteiger partial charge in [0.05, 0.1) is 25.3 Å². The molecule has 2 aliphatic heterocycles. The third kappa shape index (κ3) is 24.6. The van der Waals surface area contributed by atoms with E-state index in [1.54, 1.807) is 68.4 Å². The van der Waals surface area contributed by atoms with Crippen molar-refractivity contribution in [1.29, 1.82) is 0 Å². The van der Waals surface area contributed by atoms with Crippen LogP contribution >= 0.6 is 23.2 Å². The summed E-state index contributed by atoms with van der Waals surface area (Å²) in [6.07, 6.45) is -1.13. The van der Waals surface area contributed by atoms with Crippen molar-refractivity contribution in [3.63, 3.8) is 0 Å². The van der Waals surface area contributed by atoms with Crippen LogP contribution in [0.15, 0.2) is 115 Å². The van der Waals surface area contributed by atoms with Crippen molar-refractivity contribution in [3.05, 3.63) is 165 Å². The van der Waals surface area contributed by atoms with Crippen LogP contribution in [0.25, 0.3) is 0 Å². The highest BCUT2D eigenvalue weighted by molar-refractivity contribution is 7.90. The van der Waals surface area contributed by atoms with E-state index in [-0.39, 0.29) is 42.1 Å². The van der Waals surface area contributed by atoms with Crippen molar-refractivity contribution in [2.45, 2.75) is 139 Å². The summed E-state index contributed by atoms with van der Waals surface area (Å²) in [5.41, 5.74) is 1.24. The molecule has 2 fully saturated rings. The molecule has 0 unspecified atom stereocenters. The molecule has 10 N–H and O–H groups in total. The number of nitrogens with one attached hydrogen (secondary N) is 8. The summed E-state index contributed by atoms with van der Waals surface area (Å²) in [5, 5.41) is 41.4. The number of phenolic OH excluding ortho intramolecular Hbond substituents is 2. The fourth-order valence-corrected chi connectivity index (χ4v) is 13.1. The minimum absolute atomic E-state index is 0.0124. The predicted octanol–water partition coefficient (Wildman–Crippen LogP) is 2.35. The number of hydrogen-bond acceptors (Lipinski definition) is 16. The lowest BCUT2D eigenvalue weighted by Gasteiger charge is -2.33. The number of hydrogen-bond donors (Lipinski definition) is 10. The van der Waals surface area contributed by atoms with Gasteiger partial charge in [-0.3, -0.25) is 57.5 Å². The number of aromatic hydroxyl groups is 2. The van der Waals surface area contributed by atoms with Crippen LogP contribution in [0.3, 0.4) is 0 Å². The van der Waals surface area contributed by atoms with Crippen LogP contribution in [0.4, 0.5) is 8.78 Å². The van der Waals surface area contributed by atoms with E-state index in [1.807, 2.05) is 0 Å². The number of nitrogens with zero attached hydrogens (tertiary/aromatic N) is 4. The summed E-state index contributed by atoms with van der Waals surface area (Å²) in [6.45, 7) is 3.56. The number of sulfone groups is 1. The predicted molar refractivity (Wildman–Crippen MR) is 391 cm³/mol. The van der Waals surface area contributed by atoms with Crippen LogP contribution in [0.1, 0.15) is 80.7 Å². The average Bonchev–Trinajstić information content (AvgIpc) is 1.02. The topological polar surface area (TPSA) is 389 Å². The average molecular weight is 1540 g/mol. The molecule has 33 heteroatoms. The molecule has 0 spiro atoms. The molecule has 0 aromatic heterocycles. The van der Waals surface area contributed by atoms with Gasteiger partial charge in [0.25, 0.3) is 0 Å². The molecule has 2 saturated heterocycles. The van der Waals surface area contributed by atoms with Crippen molar-refractivity contribution in [2.24, 2.45) is 5.92 Å². The van der Waals surface area contributed by atoms with Gasteiger partial charge in [-0.1, -0.05) is 110 Å². The second kappa shape index (κ2) is 38.8. The molecule has 2 heterocycles. The third-order valence-electron chi connectivity index (χ3n) is 18.8. The first-order valence-electron chi connectivity index (χ1n) is 34.7. The maximum absolute atomic E-state index is 15.2. The van der Waals surface area contributed by atoms with Gasteiger partial charge in [-0.15, -0.1) is 0 Å². The van der Waals surface area contributed by atoms with Crippen LogP contribution in [0, 0.1) is 17.6 Å². The molecule has 576 valence electrons. The first-order valence-corrected chi connectivity index (χ1v) is 37.5. The molecule has 12 amide bonds. The smallest absolute Gasteiger partial charge is 0.245 e. The van der Waals surface area contributed by atoms with Gasteiger partial charge in [0.15, 0.2) is 23.1 Å². The Morgan fingerprint density at radius 1 is 0.533 bits per heavy atom. The Kier molecular flexibility index (Phi) is 30.5. The molecule has 5 aromatic rings. The van der Waals surface area contributed by atoms with Gasteiger partial charge in [-0.05, 0) is 108 Å². The van der Waals surface area contributed by atoms with Crippen molar-refractivity contribution >= 4 is 104 Å². The normalized spacial score (nSPS) is 22.8. The second-order valence-electron chi connectivity index (χ2n) is 26.8. The zero-order chi connectivity index (χ0) is 78.6. The molecule has 28 nitrogen and oxygen atoms in total. The Labute approximate surface area is 628 Å². The number of likely N-dealkylation sites (N-methyl/N-ethyl adjacent to an activating group) is 3. The zero-order valence-electron chi connectivity index (χ0n) is 60.2. The quantitative estimate of drug-likeness (QED) is 0.0678. The van der Waals surface area contributed by atoms with Gasteiger partial charge in [-0.25, -0.2) is 17.2 Å². The molecule has 0 aliphatic carbocycles. The fraction of sp³-hybridized carbons (Fsp3) is 0.432. The summed E-state index contributed by atoms with van der Waals surface area (Å²) in [5.74, 6) is -16.9. The first kappa shape index (κ1) is 84.0. The summed E-state index contributed by atoms with van der Waals surface area (Å²) in [4.78, 5) is 181. The third-order valence-corrected chi connectivity index (χ3v) is 20.3. The van der Waals surface area contributed by atoms with E-state index in [9.17, 15) is 57.0 Å². The van der Waals surface area contributed by atoms with E-state index in [1.165, 1.54) is 69.4 Å². The molecule has 0 saturated carbocycles. The monoisotopic (exact) mass is 1540 g/mol. The van der Waals surface area contributed by atoms with E-state index >= 15 is 28.0 Å². The minimum Gasteiger partial charge on any atom is -0.505 e. The van der Waals surface area contributed by atoms with Gasteiger partial charge < -0.3 is 72.3 Å². The number of halogens is 4. The van der Waals surface area contributed by atoms with Crippen LogP contribution in [0.2, 0.25) is 10.0 Å². The first-order chi connectivity index (χ1) is 50.6. The van der Waals surface area contributed by atoms with Gasteiger partial charge in [-0.2, -0.15) is 0 Å². The minimum atomic E-state index is -3.96. The zero-order valence-corrected chi connectivity index (χ0v) is 62.5. The molecule has 5 aromatic carbocycles. The van der Waals surface area contributed by atoms with Gasteiger partial charge in [0, 0.05) is 82.6 Å². The number of carbonyl (C=O) groups excluding carboxylic acids is 12. The van der Waals surface area contributed by atoms with Gasteiger partial charge in [0.1, 0.15) is 64.2 Å². The lowest BCUT2D eigenvalue weighted by Crippen LogP contribution is -2.61. The van der Waals surface area contributed by atoms with E-state index in [2.05, 4.69) is 42.5 Å². The molecule has 0 radical (unpaired) electrons. The van der Waals surface area contributed by atoms with Crippen LogP contribution in [-0.4, -0.2) is 223 Å². The summed E-state index contributed by atoms with van der Waals surface area (Å²) < 4.78 is 56.3. The Balaban J connectivity index is 1.34. The number of phenols is 2. The summed E-state index contributed by atoms with van der Waals surface area (Å²) in [6, 6.07) is 11.8. The second-order valence-corrected chi connectivity index (χ2v) is 30.0. The van der Waals surface area contributed by atoms with Crippen molar-refractivity contribution in [1.82, 2.24) is 62.1 Å². The van der Waals surface area contributed by atoms with E-state index in [0.29, 0.717) is 41.0 Å². The van der Waals surface area contributed by atoms with Crippen molar-refractivity contribution in [2.75, 3.05) is 59.3 Å². The van der Waals surface area contributed by atoms with Crippen LogP contribution < -0.4 is 42.5 Å². The van der Waals surface area contributed by atoms with E-state index < -0.39 is 215 Å². The standard InChI is InChI=1S/C74H90Cl2F2N12O16S/c1-8-42(2)65-72(102)79-40-62(93)81-57(74(104)90-28-12-13-29-90)39-63(94)87(4)43(3)66(96)83-54(35-47-21-25-60(91)51(77)32-47)68(98)85-56(36-48-22-26-61(92)52(78)33-48)69(99)84-55(34-46-17-14-18-50(76)31-46)67(97)82-53(27-30-107(7,105)106)73(103)89(6)58(37-44-15-10-9-11-16-44)70(100)80-41-64(95)88(5)59(71(101)86-65)38-45-19-23-49(75)24-20-45/h9-11,14-26,31-33,42-43,53-59,65,91-92H,8,12-13,27-30,34-41H2,1-7H3,(H,79,102)(H,80,100)(H,81,93)(H,82,97)(H,83,96)(H,84,99)(H,85,98)(H,86,101)/t42-,43+,53-,54-,55-,56-,57-,58-,59+,65-/m0/s1. The van der Waals surface area contributed by atoms with Crippen molar-refractivity contribution in [3.8, 4) is 11.5 Å². The molecule has 2 aliphatic rings. The molecular formula is C74H90Cl2F2N12O16S. The van der Waals surface area contributed by atoms with Gasteiger partial charge >= 0.3 is 0 Å². The number of amides is 12. The Morgan fingerprint density at radius 3 is 1.54 bits per heavy atom. The molecule has 0 bridgehead atoms. The summed E-state index contributed by atoms with van der Waals surface area (Å²) >= 11 is 12.7. The van der Waals surface area contributed by atoms with Crippen LogP contribution in [0.5, 0.6) is 11.5 Å². The highest BCUT2D eigenvalue weighted by Gasteiger charge is 2.40. The lowest BCUT2D eigenvalue weighted by atomic mass is 9.97. The highest BCUT2D eigenvalue weighted by atomic mass is 35.5. The highest BCUT2D eigenvalue weighted by Crippen LogP contribution is 2.23. The Hall–Kier alpha value is -10.3. The van der Waals surface area contributed by atoms with Crippen LogP contribution in [-0.2, 0) is 99.5 Å².